The van der Waals surface area contributed by atoms with Crippen LogP contribution in [0.5, 0.6) is 0 Å². The van der Waals surface area contributed by atoms with Crippen LogP contribution in [0.3, 0.4) is 0 Å². The van der Waals surface area contributed by atoms with Crippen LogP contribution in [0.1, 0.15) is 18.7 Å². The molecule has 1 rings (SSSR count). The highest BCUT2D eigenvalue weighted by atomic mass is 35.5. The Morgan fingerprint density at radius 3 is 2.27 bits per heavy atom. The summed E-state index contributed by atoms with van der Waals surface area (Å²) in [5.74, 6) is 0. The molecule has 1 atom stereocenters. The fourth-order valence-corrected chi connectivity index (χ4v) is 1.18. The summed E-state index contributed by atoms with van der Waals surface area (Å²) in [5.41, 5.74) is 11.8. The Morgan fingerprint density at radius 2 is 2.09 bits per heavy atom. The maximum Gasteiger partial charge on any atom is 0.180 e. The summed E-state index contributed by atoms with van der Waals surface area (Å²) < 4.78 is 0. The van der Waals surface area contributed by atoms with Gasteiger partial charge >= 0.3 is 0 Å². The molecule has 0 amide bonds. The maximum absolute atomic E-state index is 5.52. The first-order valence-electron chi connectivity index (χ1n) is 2.66. The molecule has 0 aliphatic heterocycles. The zero-order chi connectivity index (χ0) is 6.85. The van der Waals surface area contributed by atoms with E-state index in [4.69, 9.17) is 11.5 Å². The van der Waals surface area contributed by atoms with Crippen LogP contribution in [0, 0.1) is 0 Å². The van der Waals surface area contributed by atoms with Crippen molar-refractivity contribution < 1.29 is 0 Å². The lowest BCUT2D eigenvalue weighted by atomic mass is 10.3. The summed E-state index contributed by atoms with van der Waals surface area (Å²) in [6.07, 6.45) is 0. The molecule has 0 aromatic carbocycles. The fraction of sp³-hybridized carbons (Fsp3) is 0.400. The van der Waals surface area contributed by atoms with E-state index in [9.17, 15) is 0 Å². The van der Waals surface area contributed by atoms with Gasteiger partial charge in [-0.05, 0) is 6.92 Å². The largest absolute Gasteiger partial charge is 0.375 e. The Balaban J connectivity index is 0. The van der Waals surface area contributed by atoms with Gasteiger partial charge in [0.15, 0.2) is 5.13 Å². The second kappa shape index (κ2) is 5.60. The average molecular weight is 216 g/mol. The van der Waals surface area contributed by atoms with E-state index < -0.39 is 0 Å². The molecule has 0 radical (unpaired) electrons. The predicted molar refractivity (Wildman–Crippen MR) is 53.6 cm³/mol. The number of nitrogens with two attached hydrogens (primary N) is 2. The lowest BCUT2D eigenvalue weighted by Gasteiger charge is -1.95. The number of hydrogen-bond donors (Lipinski definition) is 2. The van der Waals surface area contributed by atoms with E-state index in [2.05, 4.69) is 4.98 Å². The third-order valence-corrected chi connectivity index (χ3v) is 1.70. The lowest BCUT2D eigenvalue weighted by molar-refractivity contribution is 0.791. The highest BCUT2D eigenvalue weighted by molar-refractivity contribution is 7.13. The molecule has 0 unspecified atom stereocenters. The van der Waals surface area contributed by atoms with Gasteiger partial charge < -0.3 is 11.5 Å². The molecular weight excluding hydrogens is 205 g/mol. The predicted octanol–water partition coefficient (Wildman–Crippen LogP) is 1.59. The van der Waals surface area contributed by atoms with Gasteiger partial charge in [-0.15, -0.1) is 36.2 Å². The Kier molecular flexibility index (Phi) is 6.90. The van der Waals surface area contributed by atoms with Gasteiger partial charge in [0.2, 0.25) is 0 Å². The third kappa shape index (κ3) is 3.76. The van der Waals surface area contributed by atoms with Gasteiger partial charge in [-0.2, -0.15) is 0 Å². The van der Waals surface area contributed by atoms with Crippen LogP contribution in [-0.4, -0.2) is 4.98 Å². The highest BCUT2D eigenvalue weighted by Gasteiger charge is 2.01. The van der Waals surface area contributed by atoms with Gasteiger partial charge in [0.05, 0.1) is 5.69 Å². The van der Waals surface area contributed by atoms with Crippen molar-refractivity contribution in [2.45, 2.75) is 13.0 Å². The maximum atomic E-state index is 5.52. The summed E-state index contributed by atoms with van der Waals surface area (Å²) >= 11 is 1.42. The monoisotopic (exact) mass is 215 g/mol. The van der Waals surface area contributed by atoms with Crippen molar-refractivity contribution in [3.63, 3.8) is 0 Å². The minimum absolute atomic E-state index is 0. The van der Waals surface area contributed by atoms with Gasteiger partial charge in [-0.3, -0.25) is 0 Å². The zero-order valence-corrected chi connectivity index (χ0v) is 8.43. The Labute approximate surface area is 82.0 Å². The van der Waals surface area contributed by atoms with Gasteiger partial charge in [0.1, 0.15) is 0 Å². The number of halogens is 2. The van der Waals surface area contributed by atoms with Gasteiger partial charge in [0.25, 0.3) is 0 Å². The van der Waals surface area contributed by atoms with E-state index in [1.807, 2.05) is 12.3 Å². The van der Waals surface area contributed by atoms with E-state index in [1.165, 1.54) is 11.3 Å². The number of anilines is 1. The summed E-state index contributed by atoms with van der Waals surface area (Å²) in [4.78, 5) is 3.98. The number of aromatic nitrogens is 1. The first-order valence-corrected chi connectivity index (χ1v) is 3.54. The van der Waals surface area contributed by atoms with E-state index in [1.54, 1.807) is 0 Å². The number of hydrogen-bond acceptors (Lipinski definition) is 4. The van der Waals surface area contributed by atoms with Crippen molar-refractivity contribution in [2.24, 2.45) is 5.73 Å². The smallest absolute Gasteiger partial charge is 0.180 e. The Bertz CT molecular complexity index is 201. The lowest BCUT2D eigenvalue weighted by Crippen LogP contribution is -2.05. The molecule has 1 aromatic rings. The van der Waals surface area contributed by atoms with Crippen LogP contribution >= 0.6 is 36.2 Å². The third-order valence-electron chi connectivity index (χ3n) is 1.01. The van der Waals surface area contributed by atoms with E-state index in [-0.39, 0.29) is 30.9 Å². The molecule has 4 N–H and O–H groups in total. The second-order valence-corrected chi connectivity index (χ2v) is 2.79. The van der Waals surface area contributed by atoms with Gasteiger partial charge in [-0.25, -0.2) is 4.98 Å². The summed E-state index contributed by atoms with van der Waals surface area (Å²) in [5, 5.41) is 2.46. The van der Waals surface area contributed by atoms with Crippen molar-refractivity contribution in [1.29, 1.82) is 0 Å². The number of nitrogens with zero attached hydrogens (tertiary/aromatic N) is 1. The summed E-state index contributed by atoms with van der Waals surface area (Å²) in [6, 6.07) is -0.00134. The zero-order valence-electron chi connectivity index (χ0n) is 5.98. The average Bonchev–Trinajstić information content (AvgIpc) is 2.14. The molecule has 0 bridgehead atoms. The number of nitrogen functional groups attached to an aromatic ring is 1. The number of thiazole rings is 1. The molecule has 3 nitrogen and oxygen atoms in total. The molecular formula is C5H11Cl2N3S. The van der Waals surface area contributed by atoms with Crippen LogP contribution in [0.15, 0.2) is 5.38 Å². The van der Waals surface area contributed by atoms with Crippen LogP contribution in [0.2, 0.25) is 0 Å². The fourth-order valence-electron chi connectivity index (χ4n) is 0.510. The van der Waals surface area contributed by atoms with Gasteiger partial charge in [-0.1, -0.05) is 0 Å². The highest BCUT2D eigenvalue weighted by Crippen LogP contribution is 2.15. The minimum atomic E-state index is -0.00134. The quantitative estimate of drug-likeness (QED) is 0.749. The molecule has 0 saturated heterocycles. The summed E-state index contributed by atoms with van der Waals surface area (Å²) in [6.45, 7) is 1.88. The van der Waals surface area contributed by atoms with E-state index in [0.717, 1.165) is 5.69 Å². The molecule has 6 heteroatoms. The van der Waals surface area contributed by atoms with E-state index >= 15 is 0 Å². The standard InChI is InChI=1S/C5H9N3S.2ClH/c1-3(6)4-2-9-5(7)8-4;;/h2-3H,6H2,1H3,(H2,7,8);2*1H/t3-;;/m0../s1. The Morgan fingerprint density at radius 1 is 1.55 bits per heavy atom. The first-order chi connectivity index (χ1) is 4.20. The van der Waals surface area contributed by atoms with Crippen molar-refractivity contribution in [3.05, 3.63) is 11.1 Å². The van der Waals surface area contributed by atoms with Gasteiger partial charge in [0, 0.05) is 11.4 Å². The van der Waals surface area contributed by atoms with Crippen molar-refractivity contribution in [2.75, 3.05) is 5.73 Å². The van der Waals surface area contributed by atoms with Crippen LogP contribution in [0.4, 0.5) is 5.13 Å². The SMILES string of the molecule is C[C@H](N)c1csc(N)n1.Cl.Cl. The topological polar surface area (TPSA) is 64.9 Å². The minimum Gasteiger partial charge on any atom is -0.375 e. The second-order valence-electron chi connectivity index (χ2n) is 1.90. The van der Waals surface area contributed by atoms with Crippen LogP contribution < -0.4 is 11.5 Å². The van der Waals surface area contributed by atoms with Crippen molar-refractivity contribution >= 4 is 41.3 Å². The molecule has 0 aliphatic carbocycles. The van der Waals surface area contributed by atoms with Crippen molar-refractivity contribution in [3.8, 4) is 0 Å². The van der Waals surface area contributed by atoms with Crippen LogP contribution in [0.25, 0.3) is 0 Å². The summed E-state index contributed by atoms with van der Waals surface area (Å²) in [7, 11) is 0. The first kappa shape index (κ1) is 13.6. The molecule has 0 aliphatic rings. The molecule has 11 heavy (non-hydrogen) atoms. The molecule has 0 spiro atoms. The molecule has 66 valence electrons. The molecule has 0 fully saturated rings. The molecule has 0 saturated carbocycles. The molecule has 1 heterocycles. The Hall–Kier alpha value is -0.0300. The number of rotatable bonds is 1. The molecule has 1 aromatic heterocycles. The van der Waals surface area contributed by atoms with Crippen LogP contribution in [-0.2, 0) is 0 Å². The normalized spacial score (nSPS) is 11.1. The van der Waals surface area contributed by atoms with E-state index in [0.29, 0.717) is 5.13 Å². The van der Waals surface area contributed by atoms with Crippen molar-refractivity contribution in [1.82, 2.24) is 4.98 Å².